The Bertz CT molecular complexity index is 426. The molecular formula is C13H14BrNO. The molecule has 4 rings (SSSR count). The number of halogens is 1. The summed E-state index contributed by atoms with van der Waals surface area (Å²) in [4.78, 5) is 11.9. The average molecular weight is 280 g/mol. The Morgan fingerprint density at radius 1 is 1.38 bits per heavy atom. The lowest BCUT2D eigenvalue weighted by Crippen LogP contribution is -2.68. The minimum absolute atomic E-state index is 0.157. The summed E-state index contributed by atoms with van der Waals surface area (Å²) in [5.74, 6) is 1.06. The van der Waals surface area contributed by atoms with Crippen molar-refractivity contribution in [1.29, 1.82) is 0 Å². The molecule has 16 heavy (non-hydrogen) atoms. The lowest BCUT2D eigenvalue weighted by molar-refractivity contribution is -0.132. The summed E-state index contributed by atoms with van der Waals surface area (Å²) in [5, 5.41) is 3.17. The smallest absolute Gasteiger partial charge is 0.224 e. The van der Waals surface area contributed by atoms with Crippen molar-refractivity contribution in [1.82, 2.24) is 5.32 Å². The predicted molar refractivity (Wildman–Crippen MR) is 66.1 cm³/mol. The number of carbonyl (C=O) groups excluding carboxylic acids is 1. The van der Waals surface area contributed by atoms with Crippen molar-refractivity contribution in [2.24, 2.45) is 5.92 Å². The van der Waals surface area contributed by atoms with Crippen LogP contribution >= 0.6 is 15.9 Å². The Balaban J connectivity index is 1.62. The highest BCUT2D eigenvalue weighted by atomic mass is 79.9. The molecule has 0 atom stereocenters. The van der Waals surface area contributed by atoms with E-state index in [2.05, 4.69) is 21.2 Å². The van der Waals surface area contributed by atoms with Gasteiger partial charge in [-0.25, -0.2) is 0 Å². The molecule has 0 unspecified atom stereocenters. The van der Waals surface area contributed by atoms with Crippen LogP contribution in [0.3, 0.4) is 0 Å². The molecule has 3 heteroatoms. The zero-order valence-electron chi connectivity index (χ0n) is 9.00. The van der Waals surface area contributed by atoms with Crippen LogP contribution in [0.15, 0.2) is 28.7 Å². The topological polar surface area (TPSA) is 29.1 Å². The molecule has 3 saturated carbocycles. The fourth-order valence-electron chi connectivity index (χ4n) is 2.79. The van der Waals surface area contributed by atoms with Gasteiger partial charge >= 0.3 is 0 Å². The SMILES string of the molecule is O=C(Cc1ccccc1Br)NC12CC(C1)C2. The highest BCUT2D eigenvalue weighted by Gasteiger charge is 2.57. The standard InChI is InChI=1S/C13H14BrNO/c14-11-4-2-1-3-10(11)5-12(16)15-13-6-9(7-13)8-13/h1-4,9H,5-8H2,(H,15,16). The Hall–Kier alpha value is -0.830. The van der Waals surface area contributed by atoms with Gasteiger partial charge in [-0.15, -0.1) is 0 Å². The van der Waals surface area contributed by atoms with Gasteiger partial charge in [0.15, 0.2) is 0 Å². The Morgan fingerprint density at radius 3 is 2.62 bits per heavy atom. The average Bonchev–Trinajstić information content (AvgIpc) is 2.14. The number of benzene rings is 1. The van der Waals surface area contributed by atoms with Gasteiger partial charge in [-0.05, 0) is 36.8 Å². The minimum Gasteiger partial charge on any atom is -0.350 e. The van der Waals surface area contributed by atoms with Crippen molar-refractivity contribution >= 4 is 21.8 Å². The van der Waals surface area contributed by atoms with Crippen molar-refractivity contribution in [2.45, 2.75) is 31.2 Å². The van der Waals surface area contributed by atoms with Crippen LogP contribution in [0.4, 0.5) is 0 Å². The van der Waals surface area contributed by atoms with E-state index in [4.69, 9.17) is 0 Å². The molecule has 0 aromatic heterocycles. The van der Waals surface area contributed by atoms with E-state index in [1.54, 1.807) is 0 Å². The predicted octanol–water partition coefficient (Wildman–Crippen LogP) is 2.66. The first-order chi connectivity index (χ1) is 7.67. The second kappa shape index (κ2) is 3.59. The molecule has 0 aliphatic heterocycles. The van der Waals surface area contributed by atoms with Crippen LogP contribution in [0.1, 0.15) is 24.8 Å². The monoisotopic (exact) mass is 279 g/mol. The van der Waals surface area contributed by atoms with Gasteiger partial charge in [-0.1, -0.05) is 34.1 Å². The zero-order valence-corrected chi connectivity index (χ0v) is 10.6. The third-order valence-corrected chi connectivity index (χ3v) is 4.53. The van der Waals surface area contributed by atoms with Crippen LogP contribution in [0.5, 0.6) is 0 Å². The summed E-state index contributed by atoms with van der Waals surface area (Å²) in [6.45, 7) is 0. The summed E-state index contributed by atoms with van der Waals surface area (Å²) >= 11 is 3.47. The van der Waals surface area contributed by atoms with E-state index in [9.17, 15) is 4.79 Å². The molecule has 0 spiro atoms. The summed E-state index contributed by atoms with van der Waals surface area (Å²) in [6, 6.07) is 7.90. The second-order valence-corrected chi connectivity index (χ2v) is 5.93. The van der Waals surface area contributed by atoms with Crippen LogP contribution < -0.4 is 5.32 Å². The normalized spacial score (nSPS) is 30.2. The summed E-state index contributed by atoms with van der Waals surface area (Å²) in [5.41, 5.74) is 1.26. The van der Waals surface area contributed by atoms with Crippen LogP contribution in [0.25, 0.3) is 0 Å². The summed E-state index contributed by atoms with van der Waals surface area (Å²) < 4.78 is 1.02. The molecule has 1 aromatic rings. The van der Waals surface area contributed by atoms with E-state index in [0.29, 0.717) is 6.42 Å². The second-order valence-electron chi connectivity index (χ2n) is 5.08. The number of carbonyl (C=O) groups is 1. The van der Waals surface area contributed by atoms with Crippen molar-refractivity contribution in [3.63, 3.8) is 0 Å². The molecule has 1 aromatic carbocycles. The highest BCUT2D eigenvalue weighted by molar-refractivity contribution is 9.10. The molecule has 84 valence electrons. The van der Waals surface area contributed by atoms with Crippen LogP contribution in [0.2, 0.25) is 0 Å². The maximum absolute atomic E-state index is 11.9. The molecule has 1 N–H and O–H groups in total. The van der Waals surface area contributed by atoms with Gasteiger partial charge in [0.25, 0.3) is 0 Å². The van der Waals surface area contributed by atoms with E-state index in [0.717, 1.165) is 16.0 Å². The third kappa shape index (κ3) is 1.67. The molecule has 3 aliphatic rings. The van der Waals surface area contributed by atoms with Crippen molar-refractivity contribution in [3.05, 3.63) is 34.3 Å². The van der Waals surface area contributed by atoms with E-state index < -0.39 is 0 Å². The van der Waals surface area contributed by atoms with Gasteiger partial charge in [0, 0.05) is 10.0 Å². The Morgan fingerprint density at radius 2 is 2.06 bits per heavy atom. The first-order valence-electron chi connectivity index (χ1n) is 5.71. The van der Waals surface area contributed by atoms with Crippen LogP contribution in [0, 0.1) is 5.92 Å². The number of rotatable bonds is 3. The van der Waals surface area contributed by atoms with Crippen molar-refractivity contribution < 1.29 is 4.79 Å². The maximum Gasteiger partial charge on any atom is 0.224 e. The Labute approximate surface area is 104 Å². The third-order valence-electron chi connectivity index (χ3n) is 3.75. The van der Waals surface area contributed by atoms with E-state index in [1.807, 2.05) is 24.3 Å². The summed E-state index contributed by atoms with van der Waals surface area (Å²) in [7, 11) is 0. The largest absolute Gasteiger partial charge is 0.350 e. The fourth-order valence-corrected chi connectivity index (χ4v) is 3.21. The molecule has 2 nitrogen and oxygen atoms in total. The zero-order chi connectivity index (χ0) is 11.2. The first-order valence-corrected chi connectivity index (χ1v) is 6.51. The quantitative estimate of drug-likeness (QED) is 0.906. The first kappa shape index (κ1) is 10.3. The van der Waals surface area contributed by atoms with Crippen LogP contribution in [-0.2, 0) is 11.2 Å². The molecule has 1 amide bonds. The molecule has 2 bridgehead atoms. The lowest BCUT2D eigenvalue weighted by Gasteiger charge is -2.61. The Kier molecular flexibility index (Phi) is 2.32. The van der Waals surface area contributed by atoms with Gasteiger partial charge in [0.05, 0.1) is 6.42 Å². The van der Waals surface area contributed by atoms with Crippen molar-refractivity contribution in [3.8, 4) is 0 Å². The number of hydrogen-bond acceptors (Lipinski definition) is 1. The van der Waals surface area contributed by atoms with E-state index in [1.165, 1.54) is 19.3 Å². The van der Waals surface area contributed by atoms with Gasteiger partial charge in [-0.2, -0.15) is 0 Å². The van der Waals surface area contributed by atoms with E-state index >= 15 is 0 Å². The van der Waals surface area contributed by atoms with Gasteiger partial charge in [-0.3, -0.25) is 4.79 Å². The van der Waals surface area contributed by atoms with E-state index in [-0.39, 0.29) is 11.4 Å². The number of hydrogen-bond donors (Lipinski definition) is 1. The molecular weight excluding hydrogens is 266 g/mol. The van der Waals surface area contributed by atoms with Gasteiger partial charge < -0.3 is 5.32 Å². The number of nitrogens with one attached hydrogen (secondary N) is 1. The van der Waals surface area contributed by atoms with Crippen LogP contribution in [-0.4, -0.2) is 11.4 Å². The lowest BCUT2D eigenvalue weighted by atomic mass is 9.50. The molecule has 0 radical (unpaired) electrons. The highest BCUT2D eigenvalue weighted by Crippen LogP contribution is 2.56. The maximum atomic E-state index is 11.9. The molecule has 0 saturated heterocycles. The molecule has 3 aliphatic carbocycles. The fraction of sp³-hybridized carbons (Fsp3) is 0.462. The number of amides is 1. The summed E-state index contributed by atoms with van der Waals surface area (Å²) in [6.07, 6.45) is 4.09. The molecule has 0 heterocycles. The van der Waals surface area contributed by atoms with Crippen molar-refractivity contribution in [2.75, 3.05) is 0 Å². The van der Waals surface area contributed by atoms with Gasteiger partial charge in [0.2, 0.25) is 5.91 Å². The van der Waals surface area contributed by atoms with Gasteiger partial charge in [0.1, 0.15) is 0 Å². The minimum atomic E-state index is 0.157. The molecule has 3 fully saturated rings.